The second-order valence-corrected chi connectivity index (χ2v) is 18.3. The average Bonchev–Trinajstić information content (AvgIpc) is 3.52. The van der Waals surface area contributed by atoms with E-state index in [1.54, 1.807) is 43.8 Å². The van der Waals surface area contributed by atoms with Crippen LogP contribution in [0.2, 0.25) is 0 Å². The first-order valence-corrected chi connectivity index (χ1v) is 20.5. The van der Waals surface area contributed by atoms with E-state index in [1.165, 1.54) is 10.8 Å². The van der Waals surface area contributed by atoms with Gasteiger partial charge >= 0.3 is 13.5 Å². The maximum absolute atomic E-state index is 12.7. The molecule has 3 heterocycles. The molecular weight excluding hydrogens is 739 g/mol. The molecule has 17 heteroatoms. The van der Waals surface area contributed by atoms with Crippen LogP contribution < -0.4 is 21.9 Å². The second-order valence-electron chi connectivity index (χ2n) is 16.9. The zero-order chi connectivity index (χ0) is 41.7. The number of amides is 1. The number of rotatable bonds is 19. The number of carbonyl (C=O) groups excluding carboxylic acids is 1. The molecule has 0 saturated carbocycles. The molecule has 0 radical (unpaired) electrons. The largest absolute Gasteiger partial charge is 0.472 e. The first-order valence-electron chi connectivity index (χ1n) is 19.0. The summed E-state index contributed by atoms with van der Waals surface area (Å²) in [5, 5.41) is 14.7. The lowest BCUT2D eigenvalue weighted by atomic mass is 10.0. The van der Waals surface area contributed by atoms with Crippen LogP contribution in [-0.2, 0) is 37.9 Å². The van der Waals surface area contributed by atoms with Crippen molar-refractivity contribution in [2.75, 3.05) is 19.7 Å². The third-order valence-corrected chi connectivity index (χ3v) is 9.22. The molecule has 0 aliphatic rings. The average molecular weight is 801 g/mol. The van der Waals surface area contributed by atoms with Gasteiger partial charge in [-0.25, -0.2) is 14.0 Å². The van der Waals surface area contributed by atoms with E-state index >= 15 is 0 Å². The van der Waals surface area contributed by atoms with Gasteiger partial charge in [0.1, 0.15) is 5.56 Å². The molecule has 0 saturated heterocycles. The fraction of sp³-hybridized carbons (Fsp3) is 0.641. The number of H-pyrrole nitrogens is 1. The number of phosphoric ester groups is 1. The van der Waals surface area contributed by atoms with Crippen LogP contribution in [0.3, 0.4) is 0 Å². The van der Waals surface area contributed by atoms with Crippen LogP contribution in [-0.4, -0.2) is 82.9 Å². The van der Waals surface area contributed by atoms with Gasteiger partial charge in [0.15, 0.2) is 0 Å². The predicted octanol–water partition coefficient (Wildman–Crippen LogP) is 4.60. The van der Waals surface area contributed by atoms with Crippen molar-refractivity contribution >= 4 is 13.7 Å². The van der Waals surface area contributed by atoms with Crippen LogP contribution in [0.15, 0.2) is 40.3 Å². The summed E-state index contributed by atoms with van der Waals surface area (Å²) in [7, 11) is -4.30. The topological polar surface area (TPSA) is 205 Å². The van der Waals surface area contributed by atoms with Crippen molar-refractivity contribution in [2.24, 2.45) is 5.92 Å². The Bertz CT molecular complexity index is 1940. The lowest BCUT2D eigenvalue weighted by Crippen LogP contribution is -2.41. The Morgan fingerprint density at radius 1 is 1.02 bits per heavy atom. The first-order chi connectivity index (χ1) is 26.0. The highest BCUT2D eigenvalue weighted by Gasteiger charge is 2.32. The summed E-state index contributed by atoms with van der Waals surface area (Å²) in [5.41, 5.74) is -0.295. The summed E-state index contributed by atoms with van der Waals surface area (Å²) < 4.78 is 32.2. The molecular formula is C39H61N8O8P. The van der Waals surface area contributed by atoms with Crippen LogP contribution in [0, 0.1) is 17.8 Å². The molecule has 0 fully saturated rings. The summed E-state index contributed by atoms with van der Waals surface area (Å²) in [6.07, 6.45) is 7.60. The van der Waals surface area contributed by atoms with E-state index in [1.807, 2.05) is 33.9 Å². The Kier molecular flexibility index (Phi) is 16.9. The van der Waals surface area contributed by atoms with E-state index in [-0.39, 0.29) is 36.1 Å². The molecule has 0 spiro atoms. The van der Waals surface area contributed by atoms with Gasteiger partial charge in [0, 0.05) is 56.1 Å². The van der Waals surface area contributed by atoms with Crippen molar-refractivity contribution in [1.82, 2.24) is 40.2 Å². The quantitative estimate of drug-likeness (QED) is 0.0747. The summed E-state index contributed by atoms with van der Waals surface area (Å²) in [6.45, 7) is 20.4. The summed E-state index contributed by atoms with van der Waals surface area (Å²) in [5.74, 6) is 5.43. The molecule has 0 bridgehead atoms. The molecule has 4 N–H and O–H groups in total. The molecule has 16 nitrogen and oxygen atoms in total. The molecule has 56 heavy (non-hydrogen) atoms. The minimum Gasteiger partial charge on any atom is -0.372 e. The predicted molar refractivity (Wildman–Crippen MR) is 214 cm³/mol. The van der Waals surface area contributed by atoms with E-state index < -0.39 is 36.4 Å². The van der Waals surface area contributed by atoms with E-state index in [2.05, 4.69) is 63.5 Å². The number of nitrogens with zero attached hydrogens (tertiary/aromatic N) is 5. The first kappa shape index (κ1) is 46.4. The van der Waals surface area contributed by atoms with Gasteiger partial charge < -0.3 is 20.3 Å². The minimum atomic E-state index is -4.30. The van der Waals surface area contributed by atoms with Gasteiger partial charge in [0.25, 0.3) is 11.5 Å². The third-order valence-electron chi connectivity index (χ3n) is 7.97. The second kappa shape index (κ2) is 20.5. The van der Waals surface area contributed by atoms with Crippen LogP contribution in [0.4, 0.5) is 0 Å². The van der Waals surface area contributed by atoms with Gasteiger partial charge in [-0.05, 0) is 100 Å². The molecule has 0 aliphatic carbocycles. The minimum absolute atomic E-state index is 0.0113. The lowest BCUT2D eigenvalue weighted by molar-refractivity contribution is -0.0943. The highest BCUT2D eigenvalue weighted by Crippen LogP contribution is 2.47. The number of phosphoric acid groups is 1. The number of hydrogen-bond acceptors (Lipinski definition) is 11. The highest BCUT2D eigenvalue weighted by atomic mass is 31.2. The van der Waals surface area contributed by atoms with E-state index in [9.17, 15) is 23.8 Å². The summed E-state index contributed by atoms with van der Waals surface area (Å²) in [4.78, 5) is 54.6. The zero-order valence-electron chi connectivity index (χ0n) is 34.6. The zero-order valence-corrected chi connectivity index (χ0v) is 35.5. The number of aromatic amines is 1. The maximum Gasteiger partial charge on any atom is 0.472 e. The standard InChI is InChI=1S/C39H61N8O8P/c1-28(27-53-56(51,52)55-39(8,9)10)33(54-38(5,6)7)19-22-46-24-30(35(49)43-36(46)50)15-13-11-12-14-16-32-26-47(45-44-32)25-31-18-17-29(23-41-31)34(48)40-20-21-42-37(2,3)4/h17-18,23-24,26,28,33,42H,11-12,14,16,19-22,25,27H2,1-10H3,(H,40,48)(H,51,52)(H,43,49,50). The van der Waals surface area contributed by atoms with Crippen molar-refractivity contribution < 1.29 is 28.0 Å². The molecule has 3 unspecified atom stereocenters. The number of aryl methyl sites for hydroxylation is 2. The molecule has 1 amide bonds. The van der Waals surface area contributed by atoms with Gasteiger partial charge in [-0.1, -0.05) is 24.0 Å². The number of pyridine rings is 1. The molecule has 3 aromatic heterocycles. The molecule has 0 aliphatic heterocycles. The summed E-state index contributed by atoms with van der Waals surface area (Å²) >= 11 is 0. The van der Waals surface area contributed by atoms with Gasteiger partial charge in [0.2, 0.25) is 0 Å². The van der Waals surface area contributed by atoms with Crippen molar-refractivity contribution in [3.8, 4) is 11.8 Å². The molecule has 3 atom stereocenters. The lowest BCUT2D eigenvalue weighted by Gasteiger charge is -2.32. The highest BCUT2D eigenvalue weighted by molar-refractivity contribution is 7.47. The third kappa shape index (κ3) is 17.9. The monoisotopic (exact) mass is 800 g/mol. The Morgan fingerprint density at radius 2 is 1.75 bits per heavy atom. The van der Waals surface area contributed by atoms with Gasteiger partial charge in [-0.3, -0.25) is 33.2 Å². The number of nitrogens with one attached hydrogen (secondary N) is 3. The van der Waals surface area contributed by atoms with Gasteiger partial charge in [-0.2, -0.15) is 0 Å². The smallest absolute Gasteiger partial charge is 0.372 e. The van der Waals surface area contributed by atoms with E-state index in [4.69, 9.17) is 13.8 Å². The van der Waals surface area contributed by atoms with E-state index in [0.717, 1.165) is 24.2 Å². The van der Waals surface area contributed by atoms with Gasteiger partial charge in [0.05, 0.1) is 47.4 Å². The number of hydrogen-bond donors (Lipinski definition) is 4. The Morgan fingerprint density at radius 3 is 2.39 bits per heavy atom. The maximum atomic E-state index is 12.7. The molecule has 3 aromatic rings. The number of ether oxygens (including phenoxy) is 1. The fourth-order valence-corrected chi connectivity index (χ4v) is 6.55. The van der Waals surface area contributed by atoms with E-state index in [0.29, 0.717) is 44.5 Å². The Labute approximate surface area is 330 Å². The van der Waals surface area contributed by atoms with Crippen LogP contribution >= 0.6 is 7.82 Å². The molecule has 310 valence electrons. The SMILES string of the molecule is CC(COP(=O)(O)OC(C)(C)C)C(CCn1cc(C#CCCCCc2cn(Cc3ccc(C(=O)NCCNC(C)(C)C)cn3)nn2)c(=O)[nH]c1=O)OC(C)(C)C. The number of unbranched alkanes of at least 4 members (excludes halogenated alkanes) is 2. The normalized spacial score (nSPS) is 14.4. The van der Waals surface area contributed by atoms with Crippen LogP contribution in [0.1, 0.15) is 122 Å². The van der Waals surface area contributed by atoms with Crippen molar-refractivity contribution in [3.63, 3.8) is 0 Å². The van der Waals surface area contributed by atoms with Crippen molar-refractivity contribution in [2.45, 2.75) is 137 Å². The van der Waals surface area contributed by atoms with Crippen molar-refractivity contribution in [3.05, 3.63) is 74.1 Å². The summed E-state index contributed by atoms with van der Waals surface area (Å²) in [6, 6.07) is 3.55. The van der Waals surface area contributed by atoms with Crippen LogP contribution in [0.5, 0.6) is 0 Å². The van der Waals surface area contributed by atoms with Gasteiger partial charge in [-0.15, -0.1) is 5.10 Å². The molecule has 0 aromatic carbocycles. The Hall–Kier alpha value is -3.97. The van der Waals surface area contributed by atoms with Crippen LogP contribution in [0.25, 0.3) is 0 Å². The molecule has 3 rings (SSSR count). The number of carbonyl (C=O) groups is 1. The fourth-order valence-electron chi connectivity index (χ4n) is 5.38. The van der Waals surface area contributed by atoms with Crippen molar-refractivity contribution in [1.29, 1.82) is 0 Å². The Balaban J connectivity index is 1.48. The number of aromatic nitrogens is 6.